The molecule has 5 heteroatoms. The van der Waals surface area contributed by atoms with E-state index in [-0.39, 0.29) is 6.10 Å². The summed E-state index contributed by atoms with van der Waals surface area (Å²) in [6.07, 6.45) is 8.58. The Labute approximate surface area is 144 Å². The van der Waals surface area contributed by atoms with Gasteiger partial charge in [-0.25, -0.2) is 0 Å². The zero-order valence-corrected chi connectivity index (χ0v) is 14.6. The Morgan fingerprint density at radius 3 is 2.88 bits per heavy atom. The van der Waals surface area contributed by atoms with E-state index in [9.17, 15) is 0 Å². The first-order valence-electron chi connectivity index (χ1n) is 9.60. The van der Waals surface area contributed by atoms with Gasteiger partial charge in [-0.1, -0.05) is 0 Å². The van der Waals surface area contributed by atoms with Crippen LogP contribution in [0.4, 0.5) is 0 Å². The number of ether oxygens (including phenoxy) is 2. The lowest BCUT2D eigenvalue weighted by Gasteiger charge is -2.35. The standard InChI is InChI=1S/C19H30N2O3/c1-2-9-20(8-1)11-13-22-15-17-5-6-18-19(24-17)7-10-21(18)14-16-4-3-12-23-16/h3-4,12,17-19H,1-2,5-11,13-15H2/t17-,18+,19+/m0/s1. The summed E-state index contributed by atoms with van der Waals surface area (Å²) < 4.78 is 17.7. The third-order valence-corrected chi connectivity index (χ3v) is 5.74. The molecule has 3 aliphatic heterocycles. The zero-order chi connectivity index (χ0) is 16.2. The van der Waals surface area contributed by atoms with Gasteiger partial charge in [0.05, 0.1) is 38.2 Å². The molecule has 4 rings (SSSR count). The van der Waals surface area contributed by atoms with E-state index in [0.29, 0.717) is 12.1 Å². The number of hydrogen-bond donors (Lipinski definition) is 0. The van der Waals surface area contributed by atoms with Crippen LogP contribution in [0.2, 0.25) is 0 Å². The van der Waals surface area contributed by atoms with Gasteiger partial charge in [-0.05, 0) is 57.3 Å². The van der Waals surface area contributed by atoms with Gasteiger partial charge in [0.1, 0.15) is 5.76 Å². The topological polar surface area (TPSA) is 38.1 Å². The molecule has 0 amide bonds. The second kappa shape index (κ2) is 8.00. The fourth-order valence-electron chi connectivity index (χ4n) is 4.42. The van der Waals surface area contributed by atoms with Gasteiger partial charge in [-0.15, -0.1) is 0 Å². The molecule has 134 valence electrons. The molecule has 3 fully saturated rings. The normalized spacial score (nSPS) is 31.6. The maximum absolute atomic E-state index is 6.32. The minimum absolute atomic E-state index is 0.286. The van der Waals surface area contributed by atoms with Crippen molar-refractivity contribution in [3.8, 4) is 0 Å². The minimum Gasteiger partial charge on any atom is -0.468 e. The lowest BCUT2D eigenvalue weighted by atomic mass is 9.99. The first kappa shape index (κ1) is 16.6. The molecule has 3 atom stereocenters. The molecule has 0 radical (unpaired) electrons. The van der Waals surface area contributed by atoms with Gasteiger partial charge in [0.15, 0.2) is 0 Å². The number of nitrogens with zero attached hydrogens (tertiary/aromatic N) is 2. The highest BCUT2D eigenvalue weighted by molar-refractivity contribution is 5.01. The molecule has 3 aliphatic rings. The van der Waals surface area contributed by atoms with Gasteiger partial charge in [-0.2, -0.15) is 0 Å². The summed E-state index contributed by atoms with van der Waals surface area (Å²) in [5.74, 6) is 1.06. The first-order valence-corrected chi connectivity index (χ1v) is 9.60. The Morgan fingerprint density at radius 1 is 1.12 bits per heavy atom. The summed E-state index contributed by atoms with van der Waals surface area (Å²) in [4.78, 5) is 5.02. The molecular weight excluding hydrogens is 304 g/mol. The lowest BCUT2D eigenvalue weighted by molar-refractivity contribution is -0.101. The fraction of sp³-hybridized carbons (Fsp3) is 0.789. The molecule has 24 heavy (non-hydrogen) atoms. The van der Waals surface area contributed by atoms with E-state index in [0.717, 1.165) is 51.4 Å². The molecular formula is C19H30N2O3. The van der Waals surface area contributed by atoms with Crippen molar-refractivity contribution < 1.29 is 13.9 Å². The van der Waals surface area contributed by atoms with E-state index in [4.69, 9.17) is 13.9 Å². The van der Waals surface area contributed by atoms with E-state index in [1.54, 1.807) is 6.26 Å². The molecule has 0 N–H and O–H groups in total. The Hall–Kier alpha value is -0.880. The van der Waals surface area contributed by atoms with Crippen molar-refractivity contribution in [2.24, 2.45) is 0 Å². The smallest absolute Gasteiger partial charge is 0.117 e. The van der Waals surface area contributed by atoms with Gasteiger partial charge < -0.3 is 18.8 Å². The summed E-state index contributed by atoms with van der Waals surface area (Å²) >= 11 is 0. The average Bonchev–Trinajstić information content (AvgIpc) is 3.35. The molecule has 5 nitrogen and oxygen atoms in total. The summed E-state index contributed by atoms with van der Waals surface area (Å²) in [6, 6.07) is 4.58. The van der Waals surface area contributed by atoms with Gasteiger partial charge in [0, 0.05) is 19.1 Å². The van der Waals surface area contributed by atoms with Crippen LogP contribution in [-0.2, 0) is 16.0 Å². The third-order valence-electron chi connectivity index (χ3n) is 5.74. The molecule has 0 spiro atoms. The van der Waals surface area contributed by atoms with Gasteiger partial charge >= 0.3 is 0 Å². The van der Waals surface area contributed by atoms with Crippen LogP contribution in [-0.4, -0.2) is 67.4 Å². The minimum atomic E-state index is 0.286. The summed E-state index contributed by atoms with van der Waals surface area (Å²) in [7, 11) is 0. The molecule has 0 saturated carbocycles. The van der Waals surface area contributed by atoms with Crippen molar-refractivity contribution in [2.45, 2.75) is 56.9 Å². The van der Waals surface area contributed by atoms with E-state index in [1.165, 1.54) is 32.4 Å². The SMILES string of the molecule is c1coc(CN2CC[C@H]3O[C@H](COCCN4CCCC4)CC[C@H]32)c1. The Balaban J connectivity index is 1.17. The number of fused-ring (bicyclic) bond motifs is 1. The summed E-state index contributed by atoms with van der Waals surface area (Å²) in [5.41, 5.74) is 0. The molecule has 0 aliphatic carbocycles. The van der Waals surface area contributed by atoms with E-state index in [2.05, 4.69) is 15.9 Å². The van der Waals surface area contributed by atoms with Crippen molar-refractivity contribution in [2.75, 3.05) is 39.4 Å². The monoisotopic (exact) mass is 334 g/mol. The highest BCUT2D eigenvalue weighted by Crippen LogP contribution is 2.32. The largest absolute Gasteiger partial charge is 0.468 e. The van der Waals surface area contributed by atoms with E-state index in [1.807, 2.05) is 6.07 Å². The van der Waals surface area contributed by atoms with Gasteiger partial charge in [-0.3, -0.25) is 4.90 Å². The maximum Gasteiger partial charge on any atom is 0.117 e. The molecule has 0 aromatic carbocycles. The van der Waals surface area contributed by atoms with Crippen LogP contribution in [0.5, 0.6) is 0 Å². The Kier molecular flexibility index (Phi) is 5.53. The van der Waals surface area contributed by atoms with Crippen molar-refractivity contribution >= 4 is 0 Å². The van der Waals surface area contributed by atoms with Crippen molar-refractivity contribution in [1.29, 1.82) is 0 Å². The predicted octanol–water partition coefficient (Wildman–Crippen LogP) is 2.51. The van der Waals surface area contributed by atoms with Crippen LogP contribution in [0.1, 0.15) is 37.9 Å². The van der Waals surface area contributed by atoms with Crippen LogP contribution < -0.4 is 0 Å². The second-order valence-corrected chi connectivity index (χ2v) is 7.40. The average molecular weight is 334 g/mol. The predicted molar refractivity (Wildman–Crippen MR) is 91.9 cm³/mol. The van der Waals surface area contributed by atoms with Crippen LogP contribution in [0.25, 0.3) is 0 Å². The van der Waals surface area contributed by atoms with Gasteiger partial charge in [0.25, 0.3) is 0 Å². The highest BCUT2D eigenvalue weighted by Gasteiger charge is 2.39. The molecule has 4 heterocycles. The lowest BCUT2D eigenvalue weighted by Crippen LogP contribution is -2.43. The Morgan fingerprint density at radius 2 is 2.04 bits per heavy atom. The molecule has 1 aromatic heterocycles. The quantitative estimate of drug-likeness (QED) is 0.717. The maximum atomic E-state index is 6.32. The van der Waals surface area contributed by atoms with Crippen molar-refractivity contribution in [3.05, 3.63) is 24.2 Å². The number of rotatable bonds is 7. The first-order chi connectivity index (χ1) is 11.9. The second-order valence-electron chi connectivity index (χ2n) is 7.40. The third kappa shape index (κ3) is 4.02. The molecule has 0 bridgehead atoms. The number of hydrogen-bond acceptors (Lipinski definition) is 5. The molecule has 1 aromatic rings. The summed E-state index contributed by atoms with van der Waals surface area (Å²) in [5, 5.41) is 0. The number of furan rings is 1. The van der Waals surface area contributed by atoms with Crippen molar-refractivity contribution in [3.63, 3.8) is 0 Å². The van der Waals surface area contributed by atoms with Crippen LogP contribution in [0.3, 0.4) is 0 Å². The van der Waals surface area contributed by atoms with E-state index >= 15 is 0 Å². The highest BCUT2D eigenvalue weighted by atomic mass is 16.5. The zero-order valence-electron chi connectivity index (χ0n) is 14.6. The molecule has 3 saturated heterocycles. The van der Waals surface area contributed by atoms with E-state index < -0.39 is 0 Å². The van der Waals surface area contributed by atoms with Crippen molar-refractivity contribution in [1.82, 2.24) is 9.80 Å². The van der Waals surface area contributed by atoms with Crippen LogP contribution >= 0.6 is 0 Å². The number of likely N-dealkylation sites (tertiary alicyclic amines) is 2. The Bertz CT molecular complexity index is 487. The van der Waals surface area contributed by atoms with Crippen LogP contribution in [0.15, 0.2) is 22.8 Å². The van der Waals surface area contributed by atoms with Gasteiger partial charge in [0.2, 0.25) is 0 Å². The molecule has 0 unspecified atom stereocenters. The van der Waals surface area contributed by atoms with Crippen LogP contribution in [0, 0.1) is 0 Å². The fourth-order valence-corrected chi connectivity index (χ4v) is 4.42. The summed E-state index contributed by atoms with van der Waals surface area (Å²) in [6.45, 7) is 7.20.